The third-order valence-corrected chi connectivity index (χ3v) is 2.80. The number of anilines is 1. The first-order chi connectivity index (χ1) is 8.20. The summed E-state index contributed by atoms with van der Waals surface area (Å²) in [5.41, 5.74) is 0.845. The van der Waals surface area contributed by atoms with Gasteiger partial charge in [0.05, 0.1) is 0 Å². The molecule has 3 nitrogen and oxygen atoms in total. The highest BCUT2D eigenvalue weighted by molar-refractivity contribution is 5.86. The summed E-state index contributed by atoms with van der Waals surface area (Å²) < 4.78 is 0. The zero-order valence-electron chi connectivity index (χ0n) is 9.68. The highest BCUT2D eigenvalue weighted by atomic mass is 16.4. The fourth-order valence-electron chi connectivity index (χ4n) is 1.82. The first kappa shape index (κ1) is 11.5. The second-order valence-electron chi connectivity index (χ2n) is 4.01. The molecular weight excluding hydrogens is 214 g/mol. The standard InChI is InChI=1S/C14H15NO2/c1-2-13(14(16)17)15-12-8-7-10-5-3-4-6-11(10)9-12/h3-9,13,15H,2H2,1H3,(H,16,17)/t13-/m0/s1. The van der Waals surface area contributed by atoms with Crippen molar-refractivity contribution >= 4 is 22.4 Å². The Kier molecular flexibility index (Phi) is 3.28. The minimum absolute atomic E-state index is 0.531. The minimum atomic E-state index is -0.819. The van der Waals surface area contributed by atoms with Crippen molar-refractivity contribution in [2.45, 2.75) is 19.4 Å². The number of fused-ring (bicyclic) bond motifs is 1. The van der Waals surface area contributed by atoms with Crippen molar-refractivity contribution in [1.29, 1.82) is 0 Å². The molecule has 88 valence electrons. The predicted molar refractivity (Wildman–Crippen MR) is 69.3 cm³/mol. The monoisotopic (exact) mass is 229 g/mol. The molecule has 2 aromatic rings. The quantitative estimate of drug-likeness (QED) is 0.846. The van der Waals surface area contributed by atoms with Gasteiger partial charge >= 0.3 is 5.97 Å². The first-order valence-electron chi connectivity index (χ1n) is 5.69. The molecular formula is C14H15NO2. The first-order valence-corrected chi connectivity index (χ1v) is 5.69. The number of carboxylic acids is 1. The summed E-state index contributed by atoms with van der Waals surface area (Å²) in [6.07, 6.45) is 0.558. The van der Waals surface area contributed by atoms with Crippen LogP contribution in [-0.2, 0) is 4.79 Å². The lowest BCUT2D eigenvalue weighted by atomic mass is 10.1. The van der Waals surface area contributed by atoms with E-state index in [4.69, 9.17) is 5.11 Å². The number of carboxylic acid groups (broad SMARTS) is 1. The SMILES string of the molecule is CC[C@H](Nc1ccc2ccccc2c1)C(=O)O. The van der Waals surface area contributed by atoms with Gasteiger partial charge in [0.15, 0.2) is 0 Å². The summed E-state index contributed by atoms with van der Waals surface area (Å²) in [4.78, 5) is 10.9. The lowest BCUT2D eigenvalue weighted by Gasteiger charge is -2.14. The Morgan fingerprint density at radius 1 is 1.24 bits per heavy atom. The van der Waals surface area contributed by atoms with Crippen molar-refractivity contribution in [3.05, 3.63) is 42.5 Å². The third kappa shape index (κ3) is 2.56. The van der Waals surface area contributed by atoms with E-state index in [0.29, 0.717) is 6.42 Å². The molecule has 2 aromatic carbocycles. The summed E-state index contributed by atoms with van der Waals surface area (Å²) >= 11 is 0. The van der Waals surface area contributed by atoms with E-state index in [-0.39, 0.29) is 0 Å². The van der Waals surface area contributed by atoms with Gasteiger partial charge < -0.3 is 10.4 Å². The molecule has 1 atom stereocenters. The van der Waals surface area contributed by atoms with Gasteiger partial charge in [0, 0.05) is 5.69 Å². The van der Waals surface area contributed by atoms with Gasteiger partial charge in [-0.05, 0) is 29.3 Å². The van der Waals surface area contributed by atoms with Crippen LogP contribution in [0.5, 0.6) is 0 Å². The number of hydrogen-bond donors (Lipinski definition) is 2. The lowest BCUT2D eigenvalue weighted by molar-refractivity contribution is -0.137. The van der Waals surface area contributed by atoms with E-state index in [0.717, 1.165) is 16.5 Å². The maximum absolute atomic E-state index is 10.9. The Morgan fingerprint density at radius 3 is 2.59 bits per heavy atom. The number of aliphatic carboxylic acids is 1. The highest BCUT2D eigenvalue weighted by Crippen LogP contribution is 2.19. The molecule has 0 heterocycles. The molecule has 0 aliphatic carbocycles. The van der Waals surface area contributed by atoms with Gasteiger partial charge in [-0.2, -0.15) is 0 Å². The fourth-order valence-corrected chi connectivity index (χ4v) is 1.82. The molecule has 0 spiro atoms. The van der Waals surface area contributed by atoms with Crippen LogP contribution in [0.1, 0.15) is 13.3 Å². The molecule has 0 saturated carbocycles. The number of carbonyl (C=O) groups is 1. The van der Waals surface area contributed by atoms with Crippen molar-refractivity contribution in [3.63, 3.8) is 0 Å². The highest BCUT2D eigenvalue weighted by Gasteiger charge is 2.13. The summed E-state index contributed by atoms with van der Waals surface area (Å²) in [6.45, 7) is 1.85. The largest absolute Gasteiger partial charge is 0.480 e. The Morgan fingerprint density at radius 2 is 1.94 bits per heavy atom. The average Bonchev–Trinajstić information content (AvgIpc) is 2.35. The molecule has 0 bridgehead atoms. The number of rotatable bonds is 4. The normalized spacial score (nSPS) is 12.3. The molecule has 0 aliphatic rings. The van der Waals surface area contributed by atoms with E-state index < -0.39 is 12.0 Å². The Balaban J connectivity index is 2.27. The molecule has 0 radical (unpaired) electrons. The van der Waals surface area contributed by atoms with E-state index in [9.17, 15) is 4.79 Å². The molecule has 17 heavy (non-hydrogen) atoms. The Hall–Kier alpha value is -2.03. The summed E-state index contributed by atoms with van der Waals surface area (Å²) in [5.74, 6) is -0.819. The molecule has 0 amide bonds. The van der Waals surface area contributed by atoms with Crippen LogP contribution < -0.4 is 5.32 Å². The van der Waals surface area contributed by atoms with Gasteiger partial charge in [-0.25, -0.2) is 4.79 Å². The van der Waals surface area contributed by atoms with Crippen LogP contribution in [0.25, 0.3) is 10.8 Å². The van der Waals surface area contributed by atoms with Gasteiger partial charge in [0.1, 0.15) is 6.04 Å². The predicted octanol–water partition coefficient (Wildman–Crippen LogP) is 3.11. The average molecular weight is 229 g/mol. The fraction of sp³-hybridized carbons (Fsp3) is 0.214. The van der Waals surface area contributed by atoms with Crippen molar-refractivity contribution in [1.82, 2.24) is 0 Å². The second kappa shape index (κ2) is 4.87. The van der Waals surface area contributed by atoms with Crippen molar-refractivity contribution < 1.29 is 9.90 Å². The number of hydrogen-bond acceptors (Lipinski definition) is 2. The van der Waals surface area contributed by atoms with Crippen LogP contribution in [0, 0.1) is 0 Å². The van der Waals surface area contributed by atoms with Crippen LogP contribution in [0.4, 0.5) is 5.69 Å². The van der Waals surface area contributed by atoms with Gasteiger partial charge in [-0.3, -0.25) is 0 Å². The Bertz CT molecular complexity index is 536. The molecule has 3 heteroatoms. The van der Waals surface area contributed by atoms with Gasteiger partial charge in [-0.1, -0.05) is 37.3 Å². The van der Waals surface area contributed by atoms with Gasteiger partial charge in [-0.15, -0.1) is 0 Å². The zero-order valence-corrected chi connectivity index (χ0v) is 9.68. The summed E-state index contributed by atoms with van der Waals surface area (Å²) in [5, 5.41) is 14.3. The van der Waals surface area contributed by atoms with Crippen molar-refractivity contribution in [2.75, 3.05) is 5.32 Å². The van der Waals surface area contributed by atoms with Crippen LogP contribution in [-0.4, -0.2) is 17.1 Å². The smallest absolute Gasteiger partial charge is 0.326 e. The molecule has 0 aromatic heterocycles. The van der Waals surface area contributed by atoms with Crippen LogP contribution in [0.15, 0.2) is 42.5 Å². The van der Waals surface area contributed by atoms with E-state index in [1.807, 2.05) is 49.4 Å². The van der Waals surface area contributed by atoms with E-state index in [1.54, 1.807) is 0 Å². The molecule has 2 N–H and O–H groups in total. The van der Waals surface area contributed by atoms with Crippen LogP contribution >= 0.6 is 0 Å². The number of benzene rings is 2. The molecule has 0 saturated heterocycles. The van der Waals surface area contributed by atoms with E-state index in [1.165, 1.54) is 0 Å². The van der Waals surface area contributed by atoms with E-state index >= 15 is 0 Å². The Labute approximate surface area is 100 Å². The second-order valence-corrected chi connectivity index (χ2v) is 4.01. The van der Waals surface area contributed by atoms with Crippen molar-refractivity contribution in [2.24, 2.45) is 0 Å². The van der Waals surface area contributed by atoms with Gasteiger partial charge in [0.2, 0.25) is 0 Å². The van der Waals surface area contributed by atoms with Crippen molar-refractivity contribution in [3.8, 4) is 0 Å². The van der Waals surface area contributed by atoms with Gasteiger partial charge in [0.25, 0.3) is 0 Å². The molecule has 0 fully saturated rings. The zero-order chi connectivity index (χ0) is 12.3. The molecule has 2 rings (SSSR count). The van der Waals surface area contributed by atoms with Crippen LogP contribution in [0.3, 0.4) is 0 Å². The third-order valence-electron chi connectivity index (χ3n) is 2.80. The summed E-state index contributed by atoms with van der Waals surface area (Å²) in [6, 6.07) is 13.4. The maximum Gasteiger partial charge on any atom is 0.326 e. The maximum atomic E-state index is 10.9. The lowest BCUT2D eigenvalue weighted by Crippen LogP contribution is -2.28. The number of nitrogens with one attached hydrogen (secondary N) is 1. The summed E-state index contributed by atoms with van der Waals surface area (Å²) in [7, 11) is 0. The van der Waals surface area contributed by atoms with Crippen LogP contribution in [0.2, 0.25) is 0 Å². The molecule has 0 aliphatic heterocycles. The van der Waals surface area contributed by atoms with E-state index in [2.05, 4.69) is 5.32 Å². The topological polar surface area (TPSA) is 49.3 Å². The minimum Gasteiger partial charge on any atom is -0.480 e. The molecule has 0 unspecified atom stereocenters.